The van der Waals surface area contributed by atoms with Gasteiger partial charge in [-0.15, -0.1) is 0 Å². The third-order valence-corrected chi connectivity index (χ3v) is 3.27. The fourth-order valence-electron chi connectivity index (χ4n) is 1.64. The molecule has 20 heavy (non-hydrogen) atoms. The van der Waals surface area contributed by atoms with Crippen LogP contribution < -0.4 is 16.6 Å². The average Bonchev–Trinajstić information content (AvgIpc) is 2.35. The smallest absolute Gasteiger partial charge is 0.258 e. The molecule has 0 fully saturated rings. The van der Waals surface area contributed by atoms with Crippen molar-refractivity contribution in [2.24, 2.45) is 5.73 Å². The first kappa shape index (κ1) is 14.5. The molecule has 1 heterocycles. The number of primary amides is 1. The summed E-state index contributed by atoms with van der Waals surface area (Å²) in [6.07, 6.45) is 0. The Kier molecular flexibility index (Phi) is 3.78. The van der Waals surface area contributed by atoms with Crippen LogP contribution in [0.1, 0.15) is 19.7 Å². The van der Waals surface area contributed by atoms with Crippen LogP contribution in [0.25, 0.3) is 10.9 Å². The van der Waals surface area contributed by atoms with Crippen molar-refractivity contribution in [2.45, 2.75) is 25.9 Å². The molecular weight excluding hydrogens is 280 g/mol. The van der Waals surface area contributed by atoms with Gasteiger partial charge in [-0.3, -0.25) is 14.9 Å². The number of nitrogens with zero attached hydrogens (tertiary/aromatic N) is 1. The fraction of sp³-hybridized carbons (Fsp3) is 0.308. The lowest BCUT2D eigenvalue weighted by Gasteiger charge is -2.21. The van der Waals surface area contributed by atoms with Crippen molar-refractivity contribution in [1.29, 1.82) is 0 Å². The van der Waals surface area contributed by atoms with Crippen molar-refractivity contribution in [3.8, 4) is 0 Å². The van der Waals surface area contributed by atoms with E-state index >= 15 is 0 Å². The van der Waals surface area contributed by atoms with Gasteiger partial charge in [0.1, 0.15) is 5.82 Å². The van der Waals surface area contributed by atoms with Crippen LogP contribution in [0.4, 0.5) is 0 Å². The normalized spacial score (nSPS) is 11.8. The van der Waals surface area contributed by atoms with Gasteiger partial charge in [-0.25, -0.2) is 4.98 Å². The average molecular weight is 295 g/mol. The SMILES string of the molecule is CC(C)(NCc1nc2cc(Cl)ccc2c(=O)[nH]1)C(N)=O. The highest BCUT2D eigenvalue weighted by molar-refractivity contribution is 6.31. The van der Waals surface area contributed by atoms with E-state index in [4.69, 9.17) is 17.3 Å². The van der Waals surface area contributed by atoms with Crippen molar-refractivity contribution in [3.05, 3.63) is 39.4 Å². The molecule has 0 radical (unpaired) electrons. The second-order valence-electron chi connectivity index (χ2n) is 5.02. The van der Waals surface area contributed by atoms with Crippen molar-refractivity contribution in [3.63, 3.8) is 0 Å². The second kappa shape index (κ2) is 5.22. The molecule has 0 aliphatic rings. The van der Waals surface area contributed by atoms with Crippen LogP contribution in [-0.4, -0.2) is 21.4 Å². The lowest BCUT2D eigenvalue weighted by Crippen LogP contribution is -2.50. The van der Waals surface area contributed by atoms with Gasteiger partial charge < -0.3 is 10.7 Å². The highest BCUT2D eigenvalue weighted by Crippen LogP contribution is 2.14. The van der Waals surface area contributed by atoms with E-state index in [0.717, 1.165) is 0 Å². The standard InChI is InChI=1S/C13H15ClN4O2/c1-13(2,12(15)20)16-6-10-17-9-5-7(14)3-4-8(9)11(19)18-10/h3-5,16H,6H2,1-2H3,(H2,15,20)(H,17,18,19). The summed E-state index contributed by atoms with van der Waals surface area (Å²) >= 11 is 5.89. The number of aromatic nitrogens is 2. The van der Waals surface area contributed by atoms with Gasteiger partial charge in [-0.2, -0.15) is 0 Å². The minimum absolute atomic E-state index is 0.216. The zero-order valence-corrected chi connectivity index (χ0v) is 11.9. The topological polar surface area (TPSA) is 101 Å². The molecule has 1 aromatic heterocycles. The molecule has 1 amide bonds. The molecule has 4 N–H and O–H groups in total. The van der Waals surface area contributed by atoms with E-state index in [-0.39, 0.29) is 12.1 Å². The number of carbonyl (C=O) groups is 1. The van der Waals surface area contributed by atoms with Crippen LogP contribution in [0.3, 0.4) is 0 Å². The molecule has 0 spiro atoms. The quantitative estimate of drug-likeness (QED) is 0.781. The molecule has 0 bridgehead atoms. The number of nitrogens with two attached hydrogens (primary N) is 1. The maximum absolute atomic E-state index is 11.9. The van der Waals surface area contributed by atoms with E-state index in [0.29, 0.717) is 21.7 Å². The Hall–Kier alpha value is -1.92. The van der Waals surface area contributed by atoms with Crippen LogP contribution in [-0.2, 0) is 11.3 Å². The molecular formula is C13H15ClN4O2. The first-order chi connectivity index (χ1) is 9.29. The lowest BCUT2D eigenvalue weighted by atomic mass is 10.1. The lowest BCUT2D eigenvalue weighted by molar-refractivity contribution is -0.123. The summed E-state index contributed by atoms with van der Waals surface area (Å²) < 4.78 is 0. The number of fused-ring (bicyclic) bond motifs is 1. The highest BCUT2D eigenvalue weighted by atomic mass is 35.5. The van der Waals surface area contributed by atoms with Crippen molar-refractivity contribution < 1.29 is 4.79 Å². The predicted octanol–water partition coefficient (Wildman–Crippen LogP) is 0.930. The van der Waals surface area contributed by atoms with Gasteiger partial charge in [0.25, 0.3) is 5.56 Å². The molecule has 106 valence electrons. The van der Waals surface area contributed by atoms with Crippen molar-refractivity contribution >= 4 is 28.4 Å². The maximum atomic E-state index is 11.9. The molecule has 2 aromatic rings. The minimum atomic E-state index is -0.887. The van der Waals surface area contributed by atoms with Gasteiger partial charge >= 0.3 is 0 Å². The maximum Gasteiger partial charge on any atom is 0.258 e. The van der Waals surface area contributed by atoms with Gasteiger partial charge in [0.2, 0.25) is 5.91 Å². The summed E-state index contributed by atoms with van der Waals surface area (Å²) in [4.78, 5) is 30.1. The number of hydrogen-bond donors (Lipinski definition) is 3. The number of carbonyl (C=O) groups excluding carboxylic acids is 1. The van der Waals surface area contributed by atoms with Crippen molar-refractivity contribution in [1.82, 2.24) is 15.3 Å². The third kappa shape index (κ3) is 2.97. The highest BCUT2D eigenvalue weighted by Gasteiger charge is 2.24. The van der Waals surface area contributed by atoms with Crippen LogP contribution in [0.5, 0.6) is 0 Å². The number of amides is 1. The van der Waals surface area contributed by atoms with Gasteiger partial charge in [0.15, 0.2) is 0 Å². The van der Waals surface area contributed by atoms with Crippen LogP contribution >= 0.6 is 11.6 Å². The third-order valence-electron chi connectivity index (χ3n) is 3.03. The number of hydrogen-bond acceptors (Lipinski definition) is 4. The molecule has 7 heteroatoms. The Labute approximate surface area is 120 Å². The summed E-state index contributed by atoms with van der Waals surface area (Å²) in [5, 5.41) is 3.91. The number of halogens is 1. The predicted molar refractivity (Wildman–Crippen MR) is 77.5 cm³/mol. The monoisotopic (exact) mass is 294 g/mol. The van der Waals surface area contributed by atoms with Crippen LogP contribution in [0.2, 0.25) is 5.02 Å². The molecule has 0 atom stereocenters. The molecule has 0 saturated heterocycles. The molecule has 0 aliphatic carbocycles. The molecule has 0 aliphatic heterocycles. The van der Waals surface area contributed by atoms with Gasteiger partial charge in [-0.05, 0) is 32.0 Å². The number of benzene rings is 1. The number of H-pyrrole nitrogens is 1. The second-order valence-corrected chi connectivity index (χ2v) is 5.45. The van der Waals surface area contributed by atoms with Crippen LogP contribution in [0.15, 0.2) is 23.0 Å². The van der Waals surface area contributed by atoms with E-state index in [1.54, 1.807) is 32.0 Å². The molecule has 0 saturated carbocycles. The zero-order valence-electron chi connectivity index (χ0n) is 11.2. The zero-order chi connectivity index (χ0) is 14.9. The van der Waals surface area contributed by atoms with E-state index in [2.05, 4.69) is 15.3 Å². The summed E-state index contributed by atoms with van der Waals surface area (Å²) in [7, 11) is 0. The van der Waals surface area contributed by atoms with E-state index in [1.807, 2.05) is 0 Å². The van der Waals surface area contributed by atoms with E-state index in [9.17, 15) is 9.59 Å². The number of aromatic amines is 1. The van der Waals surface area contributed by atoms with Crippen LogP contribution in [0, 0.1) is 0 Å². The first-order valence-electron chi connectivity index (χ1n) is 6.03. The Balaban J connectivity index is 2.32. The molecule has 1 aromatic carbocycles. The Morgan fingerprint density at radius 1 is 1.50 bits per heavy atom. The van der Waals surface area contributed by atoms with Gasteiger partial charge in [0, 0.05) is 5.02 Å². The molecule has 0 unspecified atom stereocenters. The number of rotatable bonds is 4. The summed E-state index contributed by atoms with van der Waals surface area (Å²) in [6, 6.07) is 4.87. The summed E-state index contributed by atoms with van der Waals surface area (Å²) in [5.74, 6) is -0.0669. The van der Waals surface area contributed by atoms with Gasteiger partial charge in [0.05, 0.1) is 23.0 Å². The Morgan fingerprint density at radius 3 is 2.85 bits per heavy atom. The summed E-state index contributed by atoms with van der Waals surface area (Å²) in [6.45, 7) is 3.53. The Morgan fingerprint density at radius 2 is 2.20 bits per heavy atom. The van der Waals surface area contributed by atoms with E-state index in [1.165, 1.54) is 0 Å². The van der Waals surface area contributed by atoms with Crippen molar-refractivity contribution in [2.75, 3.05) is 0 Å². The largest absolute Gasteiger partial charge is 0.368 e. The van der Waals surface area contributed by atoms with E-state index < -0.39 is 11.4 Å². The number of nitrogens with one attached hydrogen (secondary N) is 2. The fourth-order valence-corrected chi connectivity index (χ4v) is 1.80. The molecule has 6 nitrogen and oxygen atoms in total. The first-order valence-corrected chi connectivity index (χ1v) is 6.41. The Bertz CT molecular complexity index is 724. The van der Waals surface area contributed by atoms with Gasteiger partial charge in [-0.1, -0.05) is 11.6 Å². The molecule has 2 rings (SSSR count). The minimum Gasteiger partial charge on any atom is -0.368 e. The summed E-state index contributed by atoms with van der Waals surface area (Å²) in [5.41, 5.74) is 4.64.